The lowest BCUT2D eigenvalue weighted by atomic mass is 9.79. The molecule has 0 fully saturated rings. The molecular weight excluding hydrogens is 262 g/mol. The minimum atomic E-state index is 0.0719. The summed E-state index contributed by atoms with van der Waals surface area (Å²) in [4.78, 5) is 4.63. The van der Waals surface area contributed by atoms with Crippen molar-refractivity contribution >= 4 is 0 Å². The highest BCUT2D eigenvalue weighted by Crippen LogP contribution is 2.39. The van der Waals surface area contributed by atoms with Gasteiger partial charge in [-0.05, 0) is 37.3 Å². The lowest BCUT2D eigenvalue weighted by Gasteiger charge is -2.31. The fraction of sp³-hybridized carbons (Fsp3) is 0.500. The lowest BCUT2D eigenvalue weighted by Crippen LogP contribution is -2.34. The first-order chi connectivity index (χ1) is 10.2. The largest absolute Gasteiger partial charge is 0.275 e. The van der Waals surface area contributed by atoms with Gasteiger partial charge in [-0.1, -0.05) is 13.0 Å². The molecule has 5 heteroatoms. The molecule has 2 aromatic heterocycles. The maximum atomic E-state index is 5.91. The molecule has 5 nitrogen and oxygen atoms in total. The Morgan fingerprint density at radius 2 is 2.38 bits per heavy atom. The Labute approximate surface area is 125 Å². The van der Waals surface area contributed by atoms with Crippen molar-refractivity contribution in [3.63, 3.8) is 0 Å². The first-order valence-electron chi connectivity index (χ1n) is 7.67. The molecule has 3 rings (SSSR count). The molecule has 0 bridgehead atoms. The Balaban J connectivity index is 2.01. The smallest absolute Gasteiger partial charge is 0.0670 e. The number of aromatic nitrogens is 3. The molecule has 112 valence electrons. The van der Waals surface area contributed by atoms with Crippen LogP contribution >= 0.6 is 0 Å². The molecule has 0 radical (unpaired) electrons. The highest BCUT2D eigenvalue weighted by Gasteiger charge is 2.31. The van der Waals surface area contributed by atoms with Crippen molar-refractivity contribution in [1.82, 2.24) is 20.2 Å². The van der Waals surface area contributed by atoms with E-state index in [9.17, 15) is 0 Å². The van der Waals surface area contributed by atoms with Crippen molar-refractivity contribution in [3.05, 3.63) is 47.0 Å². The van der Waals surface area contributed by atoms with E-state index in [-0.39, 0.29) is 6.04 Å². The lowest BCUT2D eigenvalue weighted by molar-refractivity contribution is 0.398. The summed E-state index contributed by atoms with van der Waals surface area (Å²) in [6.07, 6.45) is 8.29. The zero-order chi connectivity index (χ0) is 14.8. The van der Waals surface area contributed by atoms with Crippen molar-refractivity contribution in [3.8, 4) is 0 Å². The number of rotatable bonds is 4. The molecule has 3 N–H and O–H groups in total. The van der Waals surface area contributed by atoms with Crippen LogP contribution in [0.15, 0.2) is 24.5 Å². The highest BCUT2D eigenvalue weighted by molar-refractivity contribution is 5.32. The first kappa shape index (κ1) is 14.2. The van der Waals surface area contributed by atoms with Gasteiger partial charge in [-0.3, -0.25) is 20.9 Å². The second-order valence-electron chi connectivity index (χ2n) is 5.75. The number of nitrogens with one attached hydrogen (secondary N) is 1. The molecule has 21 heavy (non-hydrogen) atoms. The molecule has 0 spiro atoms. The number of aryl methyl sites for hydroxylation is 3. The van der Waals surface area contributed by atoms with E-state index in [2.05, 4.69) is 34.7 Å². The minimum Gasteiger partial charge on any atom is -0.275 e. The fourth-order valence-corrected chi connectivity index (χ4v) is 3.48. The van der Waals surface area contributed by atoms with E-state index in [1.807, 2.05) is 24.0 Å². The molecule has 0 amide bonds. The fourth-order valence-electron chi connectivity index (χ4n) is 3.48. The molecule has 2 atom stereocenters. The van der Waals surface area contributed by atoms with E-state index >= 15 is 0 Å². The van der Waals surface area contributed by atoms with Crippen LogP contribution in [0.25, 0.3) is 0 Å². The van der Waals surface area contributed by atoms with Crippen LogP contribution in [-0.2, 0) is 19.9 Å². The number of pyridine rings is 1. The van der Waals surface area contributed by atoms with Gasteiger partial charge in [0.2, 0.25) is 0 Å². The van der Waals surface area contributed by atoms with Crippen molar-refractivity contribution in [1.29, 1.82) is 0 Å². The zero-order valence-electron chi connectivity index (χ0n) is 12.7. The van der Waals surface area contributed by atoms with Gasteiger partial charge < -0.3 is 0 Å². The van der Waals surface area contributed by atoms with Crippen LogP contribution in [0.1, 0.15) is 54.2 Å². The molecule has 1 aliphatic carbocycles. The second-order valence-corrected chi connectivity index (χ2v) is 5.75. The minimum absolute atomic E-state index is 0.0719. The summed E-state index contributed by atoms with van der Waals surface area (Å²) in [5.41, 5.74) is 7.89. The summed E-state index contributed by atoms with van der Waals surface area (Å²) in [5.74, 6) is 6.23. The quantitative estimate of drug-likeness (QED) is 0.666. The Bertz CT molecular complexity index is 619. The summed E-state index contributed by atoms with van der Waals surface area (Å²) < 4.78 is 1.88. The van der Waals surface area contributed by atoms with E-state index in [0.29, 0.717) is 5.92 Å². The molecule has 0 aliphatic heterocycles. The van der Waals surface area contributed by atoms with Crippen molar-refractivity contribution < 1.29 is 0 Å². The van der Waals surface area contributed by atoms with Crippen LogP contribution in [0.2, 0.25) is 0 Å². The van der Waals surface area contributed by atoms with Crippen molar-refractivity contribution in [2.45, 2.75) is 44.6 Å². The van der Waals surface area contributed by atoms with Gasteiger partial charge in [0.25, 0.3) is 0 Å². The summed E-state index contributed by atoms with van der Waals surface area (Å²) in [6, 6.07) is 4.28. The van der Waals surface area contributed by atoms with Gasteiger partial charge in [0.05, 0.1) is 11.7 Å². The topological polar surface area (TPSA) is 68.8 Å². The molecule has 1 aliphatic rings. The summed E-state index contributed by atoms with van der Waals surface area (Å²) >= 11 is 0. The summed E-state index contributed by atoms with van der Waals surface area (Å²) in [7, 11) is 1.96. The monoisotopic (exact) mass is 285 g/mol. The van der Waals surface area contributed by atoms with Crippen LogP contribution in [-0.4, -0.2) is 14.8 Å². The van der Waals surface area contributed by atoms with Gasteiger partial charge in [0.1, 0.15) is 0 Å². The van der Waals surface area contributed by atoms with Crippen LogP contribution in [0, 0.1) is 0 Å². The van der Waals surface area contributed by atoms with E-state index in [1.54, 1.807) is 0 Å². The third-order valence-corrected chi connectivity index (χ3v) is 4.43. The summed E-state index contributed by atoms with van der Waals surface area (Å²) in [5, 5.41) is 4.55. The third kappa shape index (κ3) is 2.59. The van der Waals surface area contributed by atoms with Crippen LogP contribution in [0.4, 0.5) is 0 Å². The molecule has 2 heterocycles. The molecular formula is C16H23N5. The highest BCUT2D eigenvalue weighted by atomic mass is 15.3. The van der Waals surface area contributed by atoms with Crippen LogP contribution < -0.4 is 11.3 Å². The zero-order valence-corrected chi connectivity index (χ0v) is 12.7. The average molecular weight is 285 g/mol. The van der Waals surface area contributed by atoms with Gasteiger partial charge >= 0.3 is 0 Å². The predicted octanol–water partition coefficient (Wildman–Crippen LogP) is 2.00. The van der Waals surface area contributed by atoms with Gasteiger partial charge in [-0.2, -0.15) is 5.10 Å². The number of hydrogen-bond donors (Lipinski definition) is 2. The molecule has 0 saturated carbocycles. The number of nitrogens with zero attached hydrogens (tertiary/aromatic N) is 3. The Morgan fingerprint density at radius 1 is 1.52 bits per heavy atom. The number of hydrogen-bond acceptors (Lipinski definition) is 4. The number of fused-ring (bicyclic) bond motifs is 1. The Kier molecular flexibility index (Phi) is 4.03. The van der Waals surface area contributed by atoms with Crippen molar-refractivity contribution in [2.75, 3.05) is 0 Å². The molecule has 0 saturated heterocycles. The number of hydrazine groups is 1. The second kappa shape index (κ2) is 5.95. The number of nitrogens with two attached hydrogens (primary N) is 1. The van der Waals surface area contributed by atoms with Gasteiger partial charge in [0, 0.05) is 36.6 Å². The third-order valence-electron chi connectivity index (χ3n) is 4.43. The SMILES string of the molecule is CCc1nn(C)cc1C(NN)C1CCCc2cccnc21. The van der Waals surface area contributed by atoms with E-state index < -0.39 is 0 Å². The maximum absolute atomic E-state index is 5.91. The molecule has 2 aromatic rings. The average Bonchev–Trinajstić information content (AvgIpc) is 2.89. The Hall–Kier alpha value is -1.72. The van der Waals surface area contributed by atoms with Gasteiger partial charge in [-0.25, -0.2) is 0 Å². The van der Waals surface area contributed by atoms with Gasteiger partial charge in [0.15, 0.2) is 0 Å². The van der Waals surface area contributed by atoms with E-state index in [1.165, 1.54) is 23.2 Å². The van der Waals surface area contributed by atoms with Crippen molar-refractivity contribution in [2.24, 2.45) is 12.9 Å². The van der Waals surface area contributed by atoms with Gasteiger partial charge in [-0.15, -0.1) is 0 Å². The molecule has 0 aromatic carbocycles. The van der Waals surface area contributed by atoms with Crippen LogP contribution in [0.3, 0.4) is 0 Å². The van der Waals surface area contributed by atoms with Crippen LogP contribution in [0.5, 0.6) is 0 Å². The predicted molar refractivity (Wildman–Crippen MR) is 82.6 cm³/mol. The first-order valence-corrected chi connectivity index (χ1v) is 7.67. The standard InChI is InChI=1S/C16H23N5/c1-3-14-13(10-21(2)20-14)16(19-17)12-8-4-6-11-7-5-9-18-15(11)12/h5,7,9-10,12,16,19H,3-4,6,8,17H2,1-2H3. The van der Waals surface area contributed by atoms with E-state index in [4.69, 9.17) is 5.84 Å². The summed E-state index contributed by atoms with van der Waals surface area (Å²) in [6.45, 7) is 2.13. The maximum Gasteiger partial charge on any atom is 0.0670 e. The normalized spacial score (nSPS) is 19.3. The molecule has 2 unspecified atom stereocenters. The Morgan fingerprint density at radius 3 is 3.14 bits per heavy atom. The van der Waals surface area contributed by atoms with E-state index in [0.717, 1.165) is 25.0 Å².